The molecule has 5 nitrogen and oxygen atoms in total. The number of halogens is 1. The summed E-state index contributed by atoms with van der Waals surface area (Å²) in [7, 11) is 0. The normalized spacial score (nSPS) is 16.6. The van der Waals surface area contributed by atoms with E-state index in [0.717, 1.165) is 47.3 Å². The van der Waals surface area contributed by atoms with E-state index < -0.39 is 0 Å². The second kappa shape index (κ2) is 8.98. The lowest BCUT2D eigenvalue weighted by molar-refractivity contribution is 0.395. The summed E-state index contributed by atoms with van der Waals surface area (Å²) in [6.07, 6.45) is 2.04. The van der Waals surface area contributed by atoms with E-state index in [1.807, 2.05) is 44.2 Å². The first kappa shape index (κ1) is 21.2. The third kappa shape index (κ3) is 4.37. The standard InChI is InChI=1S/C24H25FN4OS/c1-4-5-13-29-16(3)20(21(26-24(29)31)18-7-6-8-19(25)14-18)23-27-22(28-30-23)17-11-9-15(2)10-12-17/h6-12,14,21H,4-5,13H2,1-3H3,(H,26,31). The molecule has 0 spiro atoms. The quantitative estimate of drug-likeness (QED) is 0.504. The van der Waals surface area contributed by atoms with Crippen LogP contribution in [0.2, 0.25) is 0 Å². The van der Waals surface area contributed by atoms with Crippen molar-refractivity contribution in [3.8, 4) is 11.4 Å². The van der Waals surface area contributed by atoms with E-state index in [9.17, 15) is 4.39 Å². The van der Waals surface area contributed by atoms with Gasteiger partial charge >= 0.3 is 0 Å². The lowest BCUT2D eigenvalue weighted by Gasteiger charge is -2.37. The van der Waals surface area contributed by atoms with Crippen molar-refractivity contribution in [2.45, 2.75) is 39.7 Å². The number of hydrogen-bond acceptors (Lipinski definition) is 4. The third-order valence-corrected chi connectivity index (χ3v) is 5.82. The van der Waals surface area contributed by atoms with Gasteiger partial charge in [0.25, 0.3) is 5.89 Å². The van der Waals surface area contributed by atoms with Gasteiger partial charge in [0, 0.05) is 17.8 Å². The zero-order valence-corrected chi connectivity index (χ0v) is 18.7. The van der Waals surface area contributed by atoms with Crippen molar-refractivity contribution in [1.82, 2.24) is 20.4 Å². The van der Waals surface area contributed by atoms with Crippen LogP contribution in [0.15, 0.2) is 58.8 Å². The van der Waals surface area contributed by atoms with Crippen LogP contribution in [0.3, 0.4) is 0 Å². The highest BCUT2D eigenvalue weighted by Crippen LogP contribution is 2.37. The topological polar surface area (TPSA) is 54.2 Å². The van der Waals surface area contributed by atoms with Crippen LogP contribution in [-0.2, 0) is 0 Å². The highest BCUT2D eigenvalue weighted by Gasteiger charge is 2.34. The maximum atomic E-state index is 14.0. The van der Waals surface area contributed by atoms with Crippen LogP contribution in [0.4, 0.5) is 4.39 Å². The molecule has 2 heterocycles. The number of benzene rings is 2. The fourth-order valence-corrected chi connectivity index (χ4v) is 4.08. The number of hydrogen-bond donors (Lipinski definition) is 1. The van der Waals surface area contributed by atoms with Crippen LogP contribution in [0.25, 0.3) is 17.0 Å². The van der Waals surface area contributed by atoms with Gasteiger partial charge < -0.3 is 14.7 Å². The molecule has 0 aliphatic carbocycles. The Kier molecular flexibility index (Phi) is 6.13. The molecule has 0 saturated heterocycles. The molecule has 1 N–H and O–H groups in total. The van der Waals surface area contributed by atoms with E-state index in [1.165, 1.54) is 12.1 Å². The average molecular weight is 437 g/mol. The lowest BCUT2D eigenvalue weighted by Crippen LogP contribution is -2.46. The van der Waals surface area contributed by atoms with Gasteiger partial charge in [-0.15, -0.1) is 0 Å². The molecule has 0 amide bonds. The molecule has 4 rings (SSSR count). The number of allylic oxidation sites excluding steroid dienone is 1. The summed E-state index contributed by atoms with van der Waals surface area (Å²) in [5.41, 5.74) is 4.53. The summed E-state index contributed by atoms with van der Waals surface area (Å²) in [6.45, 7) is 6.96. The summed E-state index contributed by atoms with van der Waals surface area (Å²) >= 11 is 5.64. The fraction of sp³-hybridized carbons (Fsp3) is 0.292. The van der Waals surface area contributed by atoms with Gasteiger partial charge in [0.1, 0.15) is 5.82 Å². The highest BCUT2D eigenvalue weighted by atomic mass is 32.1. The van der Waals surface area contributed by atoms with E-state index in [4.69, 9.17) is 16.7 Å². The van der Waals surface area contributed by atoms with Crippen molar-refractivity contribution in [3.63, 3.8) is 0 Å². The van der Waals surface area contributed by atoms with Crippen molar-refractivity contribution >= 4 is 22.9 Å². The molecule has 0 fully saturated rings. The first-order valence-corrected chi connectivity index (χ1v) is 10.8. The van der Waals surface area contributed by atoms with Gasteiger partial charge in [-0.25, -0.2) is 4.39 Å². The average Bonchev–Trinajstić information content (AvgIpc) is 3.23. The molecule has 31 heavy (non-hydrogen) atoms. The van der Waals surface area contributed by atoms with Crippen LogP contribution in [0, 0.1) is 12.7 Å². The van der Waals surface area contributed by atoms with Crippen LogP contribution < -0.4 is 5.32 Å². The van der Waals surface area contributed by atoms with Gasteiger partial charge in [-0.05, 0) is 50.2 Å². The Bertz CT molecular complexity index is 1120. The molecule has 3 aromatic rings. The Hall–Kier alpha value is -3.06. The molecular weight excluding hydrogens is 411 g/mol. The zero-order valence-electron chi connectivity index (χ0n) is 17.9. The van der Waals surface area contributed by atoms with E-state index in [-0.39, 0.29) is 11.9 Å². The number of thiocarbonyl (C=S) groups is 1. The van der Waals surface area contributed by atoms with E-state index in [0.29, 0.717) is 16.8 Å². The van der Waals surface area contributed by atoms with Gasteiger partial charge in [-0.2, -0.15) is 4.98 Å². The number of rotatable bonds is 6. The largest absolute Gasteiger partial charge is 0.351 e. The van der Waals surface area contributed by atoms with Gasteiger partial charge in [-0.3, -0.25) is 0 Å². The first-order chi connectivity index (χ1) is 15.0. The number of nitrogens with one attached hydrogen (secondary N) is 1. The molecule has 0 saturated carbocycles. The molecule has 160 valence electrons. The molecule has 0 radical (unpaired) electrons. The molecule has 1 atom stereocenters. The third-order valence-electron chi connectivity index (χ3n) is 5.48. The second-order valence-electron chi connectivity index (χ2n) is 7.73. The molecule has 1 aliphatic heterocycles. The fourth-order valence-electron chi connectivity index (χ4n) is 3.73. The molecule has 1 aromatic heterocycles. The van der Waals surface area contributed by atoms with Crippen LogP contribution >= 0.6 is 12.2 Å². The maximum Gasteiger partial charge on any atom is 0.258 e. The molecular formula is C24H25FN4OS. The van der Waals surface area contributed by atoms with E-state index >= 15 is 0 Å². The lowest BCUT2D eigenvalue weighted by atomic mass is 9.94. The first-order valence-electron chi connectivity index (χ1n) is 10.4. The molecule has 0 bridgehead atoms. The van der Waals surface area contributed by atoms with Crippen molar-refractivity contribution in [3.05, 3.63) is 77.1 Å². The minimum atomic E-state index is -0.382. The summed E-state index contributed by atoms with van der Waals surface area (Å²) in [4.78, 5) is 6.74. The number of aromatic nitrogens is 2. The molecule has 2 aromatic carbocycles. The molecule has 1 unspecified atom stereocenters. The molecule has 1 aliphatic rings. The van der Waals surface area contributed by atoms with Crippen molar-refractivity contribution < 1.29 is 8.91 Å². The number of nitrogens with zero attached hydrogens (tertiary/aromatic N) is 3. The van der Waals surface area contributed by atoms with Crippen LogP contribution in [0.1, 0.15) is 49.7 Å². The maximum absolute atomic E-state index is 14.0. The minimum Gasteiger partial charge on any atom is -0.351 e. The Morgan fingerprint density at radius 2 is 1.94 bits per heavy atom. The Morgan fingerprint density at radius 3 is 2.65 bits per heavy atom. The summed E-state index contributed by atoms with van der Waals surface area (Å²) < 4.78 is 19.7. The predicted octanol–water partition coefficient (Wildman–Crippen LogP) is 5.65. The van der Waals surface area contributed by atoms with Crippen LogP contribution in [0.5, 0.6) is 0 Å². The van der Waals surface area contributed by atoms with E-state index in [1.54, 1.807) is 6.07 Å². The summed E-state index contributed by atoms with van der Waals surface area (Å²) in [5.74, 6) is 0.613. The van der Waals surface area contributed by atoms with Crippen molar-refractivity contribution in [1.29, 1.82) is 0 Å². The number of aryl methyl sites for hydroxylation is 1. The van der Waals surface area contributed by atoms with Gasteiger partial charge in [0.2, 0.25) is 5.82 Å². The van der Waals surface area contributed by atoms with Crippen molar-refractivity contribution in [2.24, 2.45) is 0 Å². The van der Waals surface area contributed by atoms with Gasteiger partial charge in [0.15, 0.2) is 5.11 Å². The summed E-state index contributed by atoms with van der Waals surface area (Å²) in [5, 5.41) is 8.18. The monoisotopic (exact) mass is 436 g/mol. The summed E-state index contributed by atoms with van der Waals surface area (Å²) in [6, 6.07) is 14.1. The number of unbranched alkanes of at least 4 members (excludes halogenated alkanes) is 1. The van der Waals surface area contributed by atoms with Crippen molar-refractivity contribution in [2.75, 3.05) is 6.54 Å². The Morgan fingerprint density at radius 1 is 1.16 bits per heavy atom. The minimum absolute atomic E-state index is 0.304. The Labute approximate surface area is 187 Å². The van der Waals surface area contributed by atoms with Gasteiger partial charge in [-0.1, -0.05) is 60.5 Å². The van der Waals surface area contributed by atoms with Gasteiger partial charge in [0.05, 0.1) is 11.6 Å². The SMILES string of the molecule is CCCCN1C(=S)NC(c2cccc(F)c2)C(c2nc(-c3ccc(C)cc3)no2)=C1C. The van der Waals surface area contributed by atoms with Crippen LogP contribution in [-0.4, -0.2) is 26.7 Å². The molecule has 7 heteroatoms. The predicted molar refractivity (Wildman–Crippen MR) is 124 cm³/mol. The highest BCUT2D eigenvalue weighted by molar-refractivity contribution is 7.80. The second-order valence-corrected chi connectivity index (χ2v) is 8.12. The van der Waals surface area contributed by atoms with E-state index in [2.05, 4.69) is 27.3 Å². The zero-order chi connectivity index (χ0) is 22.0. The Balaban J connectivity index is 1.80. The smallest absolute Gasteiger partial charge is 0.258 e.